The molecular formula is C20H21F2N6O2+. The molecule has 2 aromatic rings. The first-order valence-electron chi connectivity index (χ1n) is 9.53. The summed E-state index contributed by atoms with van der Waals surface area (Å²) >= 11 is 0. The van der Waals surface area contributed by atoms with Gasteiger partial charge in [0.25, 0.3) is 23.9 Å². The molecule has 0 radical (unpaired) electrons. The molecule has 2 amide bonds. The van der Waals surface area contributed by atoms with Crippen molar-refractivity contribution in [3.8, 4) is 0 Å². The van der Waals surface area contributed by atoms with E-state index in [0.717, 1.165) is 11.8 Å². The van der Waals surface area contributed by atoms with Crippen LogP contribution in [0.4, 0.5) is 14.6 Å². The number of fused-ring (bicyclic) bond motifs is 1. The Morgan fingerprint density at radius 3 is 2.97 bits per heavy atom. The molecule has 156 valence electrons. The normalized spacial score (nSPS) is 18.6. The van der Waals surface area contributed by atoms with E-state index in [-0.39, 0.29) is 30.3 Å². The molecule has 4 rings (SSSR count). The minimum atomic E-state index is -0.920. The highest BCUT2D eigenvalue weighted by molar-refractivity contribution is 6.41. The molecule has 0 unspecified atom stereocenters. The van der Waals surface area contributed by atoms with E-state index in [1.165, 1.54) is 23.4 Å². The first-order chi connectivity index (χ1) is 14.3. The summed E-state index contributed by atoms with van der Waals surface area (Å²) in [7, 11) is 1.65. The predicted molar refractivity (Wildman–Crippen MR) is 106 cm³/mol. The van der Waals surface area contributed by atoms with Crippen LogP contribution >= 0.6 is 0 Å². The van der Waals surface area contributed by atoms with Crippen molar-refractivity contribution in [2.24, 2.45) is 4.99 Å². The molecule has 0 bridgehead atoms. The number of rotatable bonds is 4. The molecule has 1 atom stereocenters. The van der Waals surface area contributed by atoms with Gasteiger partial charge in [-0.15, -0.1) is 0 Å². The second-order valence-electron chi connectivity index (χ2n) is 7.39. The van der Waals surface area contributed by atoms with E-state index >= 15 is 0 Å². The number of nitrogens with one attached hydrogen (secondary N) is 1. The van der Waals surface area contributed by atoms with Crippen LogP contribution in [0.2, 0.25) is 0 Å². The van der Waals surface area contributed by atoms with Crippen molar-refractivity contribution < 1.29 is 22.9 Å². The number of hydrogen-bond donors (Lipinski definition) is 1. The van der Waals surface area contributed by atoms with Gasteiger partial charge in [-0.2, -0.15) is 5.10 Å². The fourth-order valence-electron chi connectivity index (χ4n) is 3.61. The molecule has 1 aromatic carbocycles. The Morgan fingerprint density at radius 2 is 2.17 bits per heavy atom. The van der Waals surface area contributed by atoms with Crippen LogP contribution in [-0.2, 0) is 22.7 Å². The molecule has 0 saturated heterocycles. The van der Waals surface area contributed by atoms with E-state index in [4.69, 9.17) is 0 Å². The Kier molecular flexibility index (Phi) is 5.15. The lowest BCUT2D eigenvalue weighted by molar-refractivity contribution is -0.522. The summed E-state index contributed by atoms with van der Waals surface area (Å²) in [6.45, 7) is 2.57. The standard InChI is InChI=1S/C20H20F2N6O2/c1-12-8-17-26(2)20(30)15(6-7-28(17)25-12)24-19(29)16-10-27(11-23-16)9-13-4-3-5-14(21)18(13)22/h3-5,8,11,15H,6-7,9-10H2,1-2H3/p+1/t15-/m0/s1. The van der Waals surface area contributed by atoms with Crippen LogP contribution in [0.3, 0.4) is 0 Å². The first-order valence-corrected chi connectivity index (χ1v) is 9.53. The molecule has 0 spiro atoms. The molecule has 2 aliphatic rings. The highest BCUT2D eigenvalue weighted by atomic mass is 19.2. The lowest BCUT2D eigenvalue weighted by Gasteiger charge is -2.20. The maximum atomic E-state index is 13.9. The highest BCUT2D eigenvalue weighted by Crippen LogP contribution is 2.21. The third kappa shape index (κ3) is 3.72. The second kappa shape index (κ2) is 7.77. The number of anilines is 1. The number of carbonyl (C=O) groups is 2. The summed E-state index contributed by atoms with van der Waals surface area (Å²) in [4.78, 5) is 31.0. The van der Waals surface area contributed by atoms with Crippen LogP contribution < -0.4 is 10.2 Å². The Bertz CT molecular complexity index is 1090. The fraction of sp³-hybridized carbons (Fsp3) is 0.350. The lowest BCUT2D eigenvalue weighted by atomic mass is 10.1. The minimum Gasteiger partial charge on any atom is -0.337 e. The maximum absolute atomic E-state index is 13.9. The van der Waals surface area contributed by atoms with E-state index in [1.807, 2.05) is 13.0 Å². The summed E-state index contributed by atoms with van der Waals surface area (Å²) in [6, 6.07) is 5.08. The van der Waals surface area contributed by atoms with Gasteiger partial charge in [0.1, 0.15) is 18.4 Å². The Balaban J connectivity index is 1.38. The van der Waals surface area contributed by atoms with Crippen molar-refractivity contribution in [3.63, 3.8) is 0 Å². The molecule has 1 aromatic heterocycles. The van der Waals surface area contributed by atoms with E-state index in [9.17, 15) is 18.4 Å². The number of nitrogens with zero attached hydrogens (tertiary/aromatic N) is 5. The molecular weight excluding hydrogens is 394 g/mol. The van der Waals surface area contributed by atoms with Crippen LogP contribution in [0.5, 0.6) is 0 Å². The zero-order valence-electron chi connectivity index (χ0n) is 16.6. The topological polar surface area (TPSA) is 82.6 Å². The number of aliphatic imine (C=N–C) groups is 1. The summed E-state index contributed by atoms with van der Waals surface area (Å²) < 4.78 is 30.6. The van der Waals surface area contributed by atoms with E-state index in [2.05, 4.69) is 15.4 Å². The van der Waals surface area contributed by atoms with Crippen LogP contribution in [-0.4, -0.2) is 57.9 Å². The van der Waals surface area contributed by atoms with Gasteiger partial charge in [0, 0.05) is 25.2 Å². The summed E-state index contributed by atoms with van der Waals surface area (Å²) in [5, 5.41) is 7.11. The second-order valence-corrected chi connectivity index (χ2v) is 7.39. The molecule has 2 aliphatic heterocycles. The third-order valence-electron chi connectivity index (χ3n) is 5.18. The van der Waals surface area contributed by atoms with Gasteiger partial charge in [-0.3, -0.25) is 19.1 Å². The number of halogens is 2. The van der Waals surface area contributed by atoms with Crippen molar-refractivity contribution in [2.75, 3.05) is 18.5 Å². The summed E-state index contributed by atoms with van der Waals surface area (Å²) in [5.74, 6) is -1.84. The predicted octanol–water partition coefficient (Wildman–Crippen LogP) is 1.02. The van der Waals surface area contributed by atoms with Gasteiger partial charge in [-0.1, -0.05) is 12.1 Å². The van der Waals surface area contributed by atoms with Crippen molar-refractivity contribution in [1.82, 2.24) is 15.1 Å². The molecule has 0 fully saturated rings. The zero-order chi connectivity index (χ0) is 21.4. The number of amides is 2. The first kappa shape index (κ1) is 19.9. The molecule has 1 N–H and O–H groups in total. The molecule has 3 heterocycles. The van der Waals surface area contributed by atoms with E-state index in [0.29, 0.717) is 18.8 Å². The van der Waals surface area contributed by atoms with Gasteiger partial charge in [-0.05, 0) is 24.4 Å². The number of likely N-dealkylation sites (N-methyl/N-ethyl adjacent to an activating group) is 1. The zero-order valence-corrected chi connectivity index (χ0v) is 16.6. The summed E-state index contributed by atoms with van der Waals surface area (Å²) in [6.07, 6.45) is 1.82. The number of benzene rings is 1. The van der Waals surface area contributed by atoms with Crippen molar-refractivity contribution in [3.05, 3.63) is 47.2 Å². The smallest absolute Gasteiger partial charge is 0.296 e. The minimum absolute atomic E-state index is 0.0788. The number of aryl methyl sites for hydroxylation is 2. The summed E-state index contributed by atoms with van der Waals surface area (Å²) in [5.41, 5.74) is 1.20. The molecule has 8 nitrogen and oxygen atoms in total. The monoisotopic (exact) mass is 415 g/mol. The van der Waals surface area contributed by atoms with Gasteiger partial charge in [0.2, 0.25) is 0 Å². The lowest BCUT2D eigenvalue weighted by Crippen LogP contribution is -2.49. The van der Waals surface area contributed by atoms with Crippen molar-refractivity contribution in [2.45, 2.75) is 32.5 Å². The van der Waals surface area contributed by atoms with Gasteiger partial charge in [0.05, 0.1) is 5.69 Å². The number of aromatic nitrogens is 2. The average molecular weight is 415 g/mol. The largest absolute Gasteiger partial charge is 0.337 e. The van der Waals surface area contributed by atoms with E-state index < -0.39 is 23.6 Å². The molecule has 0 saturated carbocycles. The molecule has 10 heteroatoms. The van der Waals surface area contributed by atoms with Crippen LogP contribution in [0, 0.1) is 18.6 Å². The Labute approximate surface area is 171 Å². The quantitative estimate of drug-likeness (QED) is 0.757. The number of hydrogen-bond acceptors (Lipinski definition) is 4. The Morgan fingerprint density at radius 1 is 1.37 bits per heavy atom. The molecule has 0 aliphatic carbocycles. The van der Waals surface area contributed by atoms with Gasteiger partial charge < -0.3 is 5.32 Å². The van der Waals surface area contributed by atoms with Crippen LogP contribution in [0.1, 0.15) is 17.7 Å². The van der Waals surface area contributed by atoms with E-state index in [1.54, 1.807) is 16.3 Å². The van der Waals surface area contributed by atoms with Crippen LogP contribution in [0.25, 0.3) is 0 Å². The SMILES string of the molecule is Cc1cc2n(n1)CC[C@H](NC(=O)C1=NC=[N+](Cc3cccc(F)c3F)C1)C(=O)N2C. The Hall–Kier alpha value is -3.43. The fourth-order valence-corrected chi connectivity index (χ4v) is 3.61. The third-order valence-corrected chi connectivity index (χ3v) is 5.18. The van der Waals surface area contributed by atoms with Crippen LogP contribution in [0.15, 0.2) is 29.3 Å². The maximum Gasteiger partial charge on any atom is 0.296 e. The van der Waals surface area contributed by atoms with Gasteiger partial charge in [0.15, 0.2) is 18.2 Å². The van der Waals surface area contributed by atoms with Crippen molar-refractivity contribution in [1.29, 1.82) is 0 Å². The van der Waals surface area contributed by atoms with Gasteiger partial charge in [-0.25, -0.2) is 13.5 Å². The van der Waals surface area contributed by atoms with Crippen molar-refractivity contribution >= 4 is 29.7 Å². The number of carbonyl (C=O) groups excluding carboxylic acids is 2. The van der Waals surface area contributed by atoms with Gasteiger partial charge >= 0.3 is 0 Å². The highest BCUT2D eigenvalue weighted by Gasteiger charge is 2.33. The average Bonchev–Trinajstić information content (AvgIpc) is 3.31. The molecule has 30 heavy (non-hydrogen) atoms.